The predicted molar refractivity (Wildman–Crippen MR) is 415 cm³/mol. The third-order valence-electron chi connectivity index (χ3n) is 18.8. The van der Waals surface area contributed by atoms with E-state index in [1.165, 1.54) is 62.3 Å². The Bertz CT molecular complexity index is 4320. The second-order valence-electron chi connectivity index (χ2n) is 28.6. The van der Waals surface area contributed by atoms with Crippen LogP contribution in [0, 0.1) is 17.9 Å². The van der Waals surface area contributed by atoms with Gasteiger partial charge in [-0.25, -0.2) is 29.1 Å². The molecule has 3 saturated heterocycles. The molecule has 9 N–H and O–H groups in total. The smallest absolute Gasteiger partial charge is 0.317 e. The molecule has 3 aliphatic rings. The van der Waals surface area contributed by atoms with Gasteiger partial charge in [0.1, 0.15) is 35.2 Å². The molecule has 5 atom stereocenters. The highest BCUT2D eigenvalue weighted by Crippen LogP contribution is 2.33. The van der Waals surface area contributed by atoms with Crippen molar-refractivity contribution < 1.29 is 100 Å². The maximum absolute atomic E-state index is 14.3. The highest BCUT2D eigenvalue weighted by Gasteiger charge is 2.49. The molecule has 5 aromatic rings. The highest BCUT2D eigenvalue weighted by atomic mass is 19.3. The summed E-state index contributed by atoms with van der Waals surface area (Å²) in [4.78, 5) is 158. The number of nitriles is 1. The van der Waals surface area contributed by atoms with Crippen molar-refractivity contribution >= 4 is 65.2 Å². The molecule has 646 valence electrons. The van der Waals surface area contributed by atoms with Crippen molar-refractivity contribution in [3.05, 3.63) is 107 Å². The number of hydrogen-bond acceptors (Lipinski definition) is 26. The fourth-order valence-corrected chi connectivity index (χ4v) is 12.6. The monoisotopic (exact) mass is 1670 g/mol. The minimum absolute atomic E-state index is 0.0115. The van der Waals surface area contributed by atoms with Gasteiger partial charge in [-0.3, -0.25) is 92.1 Å². The number of carbonyl (C=O) groups is 11. The largest absolute Gasteiger partial charge is 0.480 e. The zero-order chi connectivity index (χ0) is 86.6. The number of benzene rings is 1. The number of nitrogens with zero attached hydrogens (tertiary/aromatic N) is 16. The van der Waals surface area contributed by atoms with Gasteiger partial charge in [0.15, 0.2) is 0 Å². The fourth-order valence-electron chi connectivity index (χ4n) is 12.6. The van der Waals surface area contributed by atoms with Crippen LogP contribution in [0.15, 0.2) is 67.3 Å². The number of aromatic nitrogens is 8. The van der Waals surface area contributed by atoms with Crippen LogP contribution in [0.25, 0.3) is 27.4 Å². The van der Waals surface area contributed by atoms with Gasteiger partial charge in [0, 0.05) is 139 Å². The molecule has 0 radical (unpaired) electrons. The molecule has 3 aliphatic heterocycles. The zero-order valence-corrected chi connectivity index (χ0v) is 67.0. The molecule has 1 aromatic carbocycles. The summed E-state index contributed by atoms with van der Waals surface area (Å²) in [6, 6.07) is 9.18. The molecule has 0 spiro atoms. The van der Waals surface area contributed by atoms with Crippen LogP contribution >= 0.6 is 0 Å². The van der Waals surface area contributed by atoms with Gasteiger partial charge in [-0.15, -0.1) is 10.2 Å². The van der Waals surface area contributed by atoms with E-state index >= 15 is 0 Å². The standard InChI is InChI=1S/C54H73F2N17O14.C22H30FN5O4/c1-37(53(84)73-36-54(55,56)27-43(73)28-57)62-52(83)38-3-5-58-42(26-38)29-61-46(74)4-18-86-21-22-87-20-17-72-31-45(64-66-72)40-23-39(44-30-71(65-63-44)16-19-85-2)24-41(25-40)51(82)60-7-6-59-47(75)32-67-8-10-68(33-48(76)77)12-14-70(35-50(80)81)15-13-69(11-9-67)34-49(78)79;1-5-9-32-10-7-19(29)26-13-17-11-16(6-8-25-17)20(30)27-15(2)21(31)28-14-22(3,23)12-18(28)24-4/h3,5,23-26,30-31,37,43H,4,6-22,27,29,32-36H2,1-2H3,(H,59,75)(H,60,82)(H,61,74)(H,62,83)(H,76,77)(H,78,79)(H,80,81);6,8,11,15,18H,5,7,9-10,12-14H2,1-3H3,(H,26,29)(H,27,30)/t37-,43+;15-,18-,22?/m00/s1. The van der Waals surface area contributed by atoms with Gasteiger partial charge in [0.2, 0.25) is 23.6 Å². The summed E-state index contributed by atoms with van der Waals surface area (Å²) in [5, 5.41) is 70.9. The molecule has 1 unspecified atom stereocenters. The zero-order valence-electron chi connectivity index (χ0n) is 67.0. The van der Waals surface area contributed by atoms with Gasteiger partial charge >= 0.3 is 24.1 Å². The van der Waals surface area contributed by atoms with Gasteiger partial charge in [-0.2, -0.15) is 5.26 Å². The number of pyridine rings is 2. The predicted octanol–water partition coefficient (Wildman–Crippen LogP) is 0.0229. The lowest BCUT2D eigenvalue weighted by molar-refractivity contribution is -0.140. The second-order valence-corrected chi connectivity index (χ2v) is 28.6. The van der Waals surface area contributed by atoms with E-state index in [-0.39, 0.29) is 191 Å². The Morgan fingerprint density at radius 3 is 1.49 bits per heavy atom. The number of carbonyl (C=O) groups excluding carboxylic acids is 8. The van der Waals surface area contributed by atoms with E-state index in [1.807, 2.05) is 6.92 Å². The first-order valence-electron chi connectivity index (χ1n) is 38.6. The van der Waals surface area contributed by atoms with Crippen LogP contribution in [-0.2, 0) is 83.5 Å². The van der Waals surface area contributed by atoms with Crippen molar-refractivity contribution in [2.45, 2.75) is 122 Å². The van der Waals surface area contributed by atoms with E-state index < -0.39 is 96.3 Å². The lowest BCUT2D eigenvalue weighted by Gasteiger charge is -2.32. The SMILES string of the molecule is COCCn1cc(-c2cc(C(=O)NCCNC(=O)CN3CCN(CC(=O)O)CCN(CC(=O)O)CCN(CC(=O)O)CC3)cc(-c3cn(CCOCCOCCC(=O)NCc4cc(C(=O)N[C@@H](C)C(=O)N5CC(F)(F)C[C@@H]5C#N)ccn4)nn3)c2)nn1.[C-]#[N+][C@@H]1CC(C)(F)CN1C(=O)[C@H](C)NC(=O)c1ccnc(CNC(=O)CCOCCC)c1. The lowest BCUT2D eigenvalue weighted by atomic mass is 10.0. The van der Waals surface area contributed by atoms with Crippen LogP contribution in [-0.4, -0.2) is 344 Å². The molecule has 40 nitrogen and oxygen atoms in total. The van der Waals surface area contributed by atoms with Crippen molar-refractivity contribution in [1.29, 1.82) is 5.26 Å². The third-order valence-corrected chi connectivity index (χ3v) is 18.8. The number of hydrogen-bond donors (Lipinski definition) is 9. The molecular weight excluding hydrogens is 1570 g/mol. The lowest BCUT2D eigenvalue weighted by Crippen LogP contribution is -2.50. The molecule has 3 fully saturated rings. The summed E-state index contributed by atoms with van der Waals surface area (Å²) >= 11 is 0. The fraction of sp³-hybridized carbons (Fsp3) is 0.566. The van der Waals surface area contributed by atoms with Crippen LogP contribution in [0.5, 0.6) is 0 Å². The van der Waals surface area contributed by atoms with Crippen LogP contribution in [0.3, 0.4) is 0 Å². The van der Waals surface area contributed by atoms with E-state index in [2.05, 4.69) is 67.3 Å². The molecule has 7 heterocycles. The molecule has 4 aromatic heterocycles. The number of alkyl halides is 3. The first-order chi connectivity index (χ1) is 56.8. The molecular formula is C76H103F3N22O18. The Balaban J connectivity index is 0.000000508. The molecule has 8 amide bonds. The number of halogens is 3. The Labute approximate surface area is 684 Å². The van der Waals surface area contributed by atoms with Gasteiger partial charge in [-0.05, 0) is 69.7 Å². The van der Waals surface area contributed by atoms with Crippen molar-refractivity contribution in [3.63, 3.8) is 0 Å². The molecule has 0 bridgehead atoms. The number of carboxylic acids is 3. The normalized spacial score (nSPS) is 17.8. The number of aliphatic carboxylic acids is 3. The first kappa shape index (κ1) is 94.6. The maximum atomic E-state index is 14.3. The quantitative estimate of drug-likeness (QED) is 0.0184. The molecule has 119 heavy (non-hydrogen) atoms. The van der Waals surface area contributed by atoms with Crippen LogP contribution in [0.2, 0.25) is 0 Å². The van der Waals surface area contributed by atoms with E-state index in [1.54, 1.807) is 72.7 Å². The minimum Gasteiger partial charge on any atom is -0.480 e. The first-order valence-corrected chi connectivity index (χ1v) is 38.6. The Kier molecular flexibility index (Phi) is 37.9. The van der Waals surface area contributed by atoms with Crippen molar-refractivity contribution in [1.82, 2.24) is 101 Å². The number of ether oxygens (including phenoxy) is 4. The van der Waals surface area contributed by atoms with E-state index in [9.17, 15) is 86.5 Å². The number of rotatable bonds is 41. The Morgan fingerprint density at radius 2 is 1.03 bits per heavy atom. The molecule has 0 saturated carbocycles. The Hall–Kier alpha value is -11.6. The summed E-state index contributed by atoms with van der Waals surface area (Å²) < 4.78 is 66.9. The number of amides is 8. The van der Waals surface area contributed by atoms with Crippen LogP contribution < -0.4 is 31.9 Å². The van der Waals surface area contributed by atoms with Crippen molar-refractivity contribution in [2.75, 3.05) is 158 Å². The molecule has 43 heteroatoms. The number of likely N-dealkylation sites (tertiary alicyclic amines) is 2. The average Bonchev–Trinajstić information content (AvgIpc) is 1.72. The summed E-state index contributed by atoms with van der Waals surface area (Å²) in [7, 11) is 1.57. The molecule has 8 rings (SSSR count). The van der Waals surface area contributed by atoms with Crippen molar-refractivity contribution in [3.8, 4) is 28.6 Å². The van der Waals surface area contributed by atoms with E-state index in [4.69, 9.17) is 25.5 Å². The van der Waals surface area contributed by atoms with Crippen molar-refractivity contribution in [2.24, 2.45) is 0 Å². The molecule has 0 aliphatic carbocycles. The number of carboxylic acid groups (broad SMARTS) is 3. The number of nitrogens with one attached hydrogen (secondary N) is 6. The summed E-state index contributed by atoms with van der Waals surface area (Å²) in [5.74, 6) is -10.3. The van der Waals surface area contributed by atoms with Crippen LogP contribution in [0.4, 0.5) is 13.2 Å². The van der Waals surface area contributed by atoms with Gasteiger partial charge in [-0.1, -0.05) is 17.4 Å². The summed E-state index contributed by atoms with van der Waals surface area (Å²) in [6.45, 7) is 16.2. The number of methoxy groups -OCH3 is 1. The highest BCUT2D eigenvalue weighted by molar-refractivity contribution is 5.99. The van der Waals surface area contributed by atoms with Gasteiger partial charge < -0.3 is 71.1 Å². The van der Waals surface area contributed by atoms with Gasteiger partial charge in [0.05, 0.1) is 141 Å². The summed E-state index contributed by atoms with van der Waals surface area (Å²) in [6.07, 6.45) is 5.62. The van der Waals surface area contributed by atoms with E-state index in [0.717, 1.165) is 11.3 Å². The topological polar surface area (TPSA) is 492 Å². The van der Waals surface area contributed by atoms with Gasteiger partial charge in [0.25, 0.3) is 29.6 Å². The summed E-state index contributed by atoms with van der Waals surface area (Å²) in [5.41, 5.74) is 1.84. The Morgan fingerprint density at radius 1 is 0.571 bits per heavy atom. The third kappa shape index (κ3) is 32.7. The van der Waals surface area contributed by atoms with Crippen LogP contribution in [0.1, 0.15) is 102 Å². The van der Waals surface area contributed by atoms with E-state index in [0.29, 0.717) is 66.8 Å². The average molecular weight is 1670 g/mol. The second kappa shape index (κ2) is 47.7. The minimum atomic E-state index is -3.20. The maximum Gasteiger partial charge on any atom is 0.317 e.